The van der Waals surface area contributed by atoms with Gasteiger partial charge in [0.05, 0.1) is 29.4 Å². The molecule has 1 atom stereocenters. The first kappa shape index (κ1) is 26.7. The molecule has 0 radical (unpaired) electrons. The molecule has 2 aromatic rings. The van der Waals surface area contributed by atoms with Crippen molar-refractivity contribution >= 4 is 41.1 Å². The largest absolute Gasteiger partial charge is 0.478 e. The molecule has 192 valence electrons. The minimum Gasteiger partial charge on any atom is -0.478 e. The highest BCUT2D eigenvalue weighted by atomic mass is 16.5. The van der Waals surface area contributed by atoms with Gasteiger partial charge >= 0.3 is 11.9 Å². The summed E-state index contributed by atoms with van der Waals surface area (Å²) in [4.78, 5) is 52.5. The number of carbonyl (C=O) groups excluding carboxylic acids is 3. The number of aromatic amines is 1. The van der Waals surface area contributed by atoms with Crippen molar-refractivity contribution in [3.8, 4) is 0 Å². The third-order valence-electron chi connectivity index (χ3n) is 5.77. The fourth-order valence-electron chi connectivity index (χ4n) is 3.97. The second-order valence-electron chi connectivity index (χ2n) is 9.54. The van der Waals surface area contributed by atoms with Crippen molar-refractivity contribution in [3.63, 3.8) is 0 Å². The molecule has 0 fully saturated rings. The standard InChI is InChI=1S/C26H31N3O7/c1-13-20(12-17-16-11-15(24(32)33)7-8-18(16)28-22(17)30)27-14(2)21(13)23(31)29-19(25(34)35-6)9-10-36-26(3,4)5/h7-8,11-12,19,27H,9-10H2,1-6H3,(H,28,30)(H,29,31)(H,32,33). The Morgan fingerprint density at radius 2 is 1.89 bits per heavy atom. The average Bonchev–Trinajstić information content (AvgIpc) is 3.25. The minimum absolute atomic E-state index is 0.0555. The molecule has 2 amide bonds. The molecule has 10 nitrogen and oxygen atoms in total. The lowest BCUT2D eigenvalue weighted by atomic mass is 10.0. The van der Waals surface area contributed by atoms with E-state index in [1.807, 2.05) is 20.8 Å². The van der Waals surface area contributed by atoms with Gasteiger partial charge in [0.1, 0.15) is 6.04 Å². The number of hydrogen-bond acceptors (Lipinski definition) is 6. The van der Waals surface area contributed by atoms with Crippen LogP contribution in [0.3, 0.4) is 0 Å². The van der Waals surface area contributed by atoms with Gasteiger partial charge < -0.3 is 30.2 Å². The number of nitrogens with one attached hydrogen (secondary N) is 3. The van der Waals surface area contributed by atoms with Crippen molar-refractivity contribution in [2.75, 3.05) is 19.0 Å². The molecule has 0 spiro atoms. The summed E-state index contributed by atoms with van der Waals surface area (Å²) < 4.78 is 10.5. The van der Waals surface area contributed by atoms with Crippen molar-refractivity contribution in [1.29, 1.82) is 0 Å². The maximum Gasteiger partial charge on any atom is 0.335 e. The topological polar surface area (TPSA) is 147 Å². The summed E-state index contributed by atoms with van der Waals surface area (Å²) in [5, 5.41) is 14.7. The Labute approximate surface area is 209 Å². The van der Waals surface area contributed by atoms with E-state index in [4.69, 9.17) is 9.47 Å². The SMILES string of the molecule is COC(=O)C(CCOC(C)(C)C)NC(=O)c1c(C)[nH]c(C=C2C(=O)Nc3ccc(C(=O)O)cc32)c1C. The van der Waals surface area contributed by atoms with Crippen LogP contribution in [0.25, 0.3) is 11.6 Å². The van der Waals surface area contributed by atoms with E-state index in [1.54, 1.807) is 26.0 Å². The molecule has 0 aliphatic carbocycles. The van der Waals surface area contributed by atoms with Crippen LogP contribution >= 0.6 is 0 Å². The van der Waals surface area contributed by atoms with Crippen molar-refractivity contribution in [2.45, 2.75) is 52.7 Å². The normalized spacial score (nSPS) is 14.8. The van der Waals surface area contributed by atoms with Crippen LogP contribution in [0.2, 0.25) is 0 Å². The van der Waals surface area contributed by atoms with Gasteiger partial charge in [0.15, 0.2) is 0 Å². The number of rotatable bonds is 8. The average molecular weight is 498 g/mol. The van der Waals surface area contributed by atoms with E-state index in [-0.39, 0.29) is 30.1 Å². The summed E-state index contributed by atoms with van der Waals surface area (Å²) in [6.45, 7) is 9.37. The maximum absolute atomic E-state index is 13.2. The van der Waals surface area contributed by atoms with Gasteiger partial charge in [0, 0.05) is 35.7 Å². The van der Waals surface area contributed by atoms with Crippen LogP contribution in [0.1, 0.15) is 70.4 Å². The maximum atomic E-state index is 13.2. The Bertz CT molecular complexity index is 1250. The number of fused-ring (bicyclic) bond motifs is 1. The van der Waals surface area contributed by atoms with Crippen LogP contribution in [0.4, 0.5) is 5.69 Å². The Morgan fingerprint density at radius 3 is 2.50 bits per heavy atom. The quantitative estimate of drug-likeness (QED) is 0.323. The molecule has 4 N–H and O–H groups in total. The summed E-state index contributed by atoms with van der Waals surface area (Å²) in [5.74, 6) is -2.53. The fourth-order valence-corrected chi connectivity index (χ4v) is 3.97. The number of methoxy groups -OCH3 is 1. The molecule has 36 heavy (non-hydrogen) atoms. The van der Waals surface area contributed by atoms with Crippen LogP contribution in [-0.4, -0.2) is 59.2 Å². The fraction of sp³-hybridized carbons (Fsp3) is 0.385. The van der Waals surface area contributed by atoms with Gasteiger partial charge in [-0.2, -0.15) is 0 Å². The number of benzene rings is 1. The number of ether oxygens (including phenoxy) is 2. The third kappa shape index (κ3) is 5.83. The summed E-state index contributed by atoms with van der Waals surface area (Å²) >= 11 is 0. The van der Waals surface area contributed by atoms with E-state index in [9.17, 15) is 24.3 Å². The summed E-state index contributed by atoms with van der Waals surface area (Å²) in [7, 11) is 1.25. The molecule has 1 aromatic heterocycles. The Morgan fingerprint density at radius 1 is 1.19 bits per heavy atom. The first-order valence-electron chi connectivity index (χ1n) is 11.4. The molecular formula is C26H31N3O7. The van der Waals surface area contributed by atoms with Crippen LogP contribution in [0, 0.1) is 13.8 Å². The molecule has 0 saturated heterocycles. The zero-order valence-corrected chi connectivity index (χ0v) is 21.2. The van der Waals surface area contributed by atoms with Crippen LogP contribution in [0.15, 0.2) is 18.2 Å². The van der Waals surface area contributed by atoms with E-state index in [0.717, 1.165) is 0 Å². The van der Waals surface area contributed by atoms with Gasteiger partial charge in [0.2, 0.25) is 0 Å². The van der Waals surface area contributed by atoms with Gasteiger partial charge in [-0.15, -0.1) is 0 Å². The second kappa shape index (κ2) is 10.4. The van der Waals surface area contributed by atoms with E-state index in [2.05, 4.69) is 15.6 Å². The van der Waals surface area contributed by atoms with E-state index < -0.39 is 29.5 Å². The molecule has 1 aliphatic heterocycles. The number of amides is 2. The van der Waals surface area contributed by atoms with Gasteiger partial charge in [-0.25, -0.2) is 9.59 Å². The minimum atomic E-state index is -1.10. The molecule has 1 aromatic carbocycles. The first-order chi connectivity index (χ1) is 16.8. The number of esters is 1. The van der Waals surface area contributed by atoms with Crippen LogP contribution < -0.4 is 10.6 Å². The predicted molar refractivity (Wildman–Crippen MR) is 134 cm³/mol. The molecular weight excluding hydrogens is 466 g/mol. The number of carboxylic acid groups (broad SMARTS) is 1. The highest BCUT2D eigenvalue weighted by Crippen LogP contribution is 2.34. The third-order valence-corrected chi connectivity index (χ3v) is 5.77. The van der Waals surface area contributed by atoms with E-state index in [1.165, 1.54) is 19.2 Å². The van der Waals surface area contributed by atoms with Gasteiger partial charge in [-0.05, 0) is 64.5 Å². The van der Waals surface area contributed by atoms with Crippen molar-refractivity contribution in [1.82, 2.24) is 10.3 Å². The predicted octanol–water partition coefficient (Wildman–Crippen LogP) is 3.30. The van der Waals surface area contributed by atoms with Crippen molar-refractivity contribution in [2.24, 2.45) is 0 Å². The number of H-pyrrole nitrogens is 1. The van der Waals surface area contributed by atoms with Crippen molar-refractivity contribution in [3.05, 3.63) is 51.8 Å². The van der Waals surface area contributed by atoms with Crippen LogP contribution in [-0.2, 0) is 19.1 Å². The number of anilines is 1. The first-order valence-corrected chi connectivity index (χ1v) is 11.4. The highest BCUT2D eigenvalue weighted by molar-refractivity contribution is 6.35. The number of carbonyl (C=O) groups is 4. The molecule has 0 bridgehead atoms. The van der Waals surface area contributed by atoms with E-state index in [0.29, 0.717) is 33.8 Å². The van der Waals surface area contributed by atoms with Gasteiger partial charge in [0.25, 0.3) is 11.8 Å². The lowest BCUT2D eigenvalue weighted by Crippen LogP contribution is -2.43. The highest BCUT2D eigenvalue weighted by Gasteiger charge is 2.28. The van der Waals surface area contributed by atoms with Crippen LogP contribution in [0.5, 0.6) is 0 Å². The summed E-state index contributed by atoms with van der Waals surface area (Å²) in [6.07, 6.45) is 1.82. The molecule has 1 unspecified atom stereocenters. The number of aromatic nitrogens is 1. The zero-order valence-electron chi connectivity index (χ0n) is 21.2. The number of aryl methyl sites for hydroxylation is 1. The molecule has 3 rings (SSSR count). The molecule has 2 heterocycles. The molecule has 10 heteroatoms. The summed E-state index contributed by atoms with van der Waals surface area (Å²) in [5.41, 5.74) is 2.88. The lowest BCUT2D eigenvalue weighted by molar-refractivity contribution is -0.143. The molecule has 1 aliphatic rings. The Kier molecular flexibility index (Phi) is 7.68. The number of carboxylic acids is 1. The van der Waals surface area contributed by atoms with E-state index >= 15 is 0 Å². The summed E-state index contributed by atoms with van der Waals surface area (Å²) in [6, 6.07) is 3.49. The van der Waals surface area contributed by atoms with Gasteiger partial charge in [-0.3, -0.25) is 9.59 Å². The number of aromatic carboxylic acids is 1. The Balaban J connectivity index is 1.88. The smallest absolute Gasteiger partial charge is 0.335 e. The van der Waals surface area contributed by atoms with Gasteiger partial charge in [-0.1, -0.05) is 0 Å². The zero-order chi connectivity index (χ0) is 26.8. The van der Waals surface area contributed by atoms with Crippen molar-refractivity contribution < 1.29 is 33.8 Å². The lowest BCUT2D eigenvalue weighted by Gasteiger charge is -2.22. The Hall–Kier alpha value is -3.92. The monoisotopic (exact) mass is 497 g/mol. The number of hydrogen-bond donors (Lipinski definition) is 4. The second-order valence-corrected chi connectivity index (χ2v) is 9.54. The molecule has 0 saturated carbocycles.